The Hall–Kier alpha value is -1.01. The van der Waals surface area contributed by atoms with Crippen LogP contribution in [0.1, 0.15) is 87.0 Å². The maximum absolute atomic E-state index is 12.3. The van der Waals surface area contributed by atoms with Crippen molar-refractivity contribution in [3.63, 3.8) is 0 Å². The molecule has 11 heteroatoms. The Morgan fingerprint density at radius 1 is 0.732 bits per heavy atom. The highest BCUT2D eigenvalue weighted by Crippen LogP contribution is 2.38. The Morgan fingerprint density at radius 3 is 1.61 bits per heavy atom. The van der Waals surface area contributed by atoms with Crippen LogP contribution >= 0.6 is 23.5 Å². The van der Waals surface area contributed by atoms with Crippen LogP contribution in [0.15, 0.2) is 0 Å². The second-order valence-electron chi connectivity index (χ2n) is 12.7. The Labute approximate surface area is 253 Å². The van der Waals surface area contributed by atoms with Crippen molar-refractivity contribution >= 4 is 41.4 Å². The molecule has 0 unspecified atom stereocenters. The van der Waals surface area contributed by atoms with Crippen LogP contribution in [0, 0.1) is 35.5 Å². The Kier molecular flexibility index (Phi) is 13.6. The van der Waals surface area contributed by atoms with Gasteiger partial charge < -0.3 is 28.8 Å². The number of ether oxygens (including phenoxy) is 5. The van der Waals surface area contributed by atoms with Crippen LogP contribution in [-0.4, -0.2) is 70.2 Å². The van der Waals surface area contributed by atoms with Gasteiger partial charge in [0.15, 0.2) is 6.29 Å². The topological polar surface area (TPSA) is 118 Å². The van der Waals surface area contributed by atoms with Crippen molar-refractivity contribution in [2.45, 2.75) is 123 Å². The molecule has 0 spiro atoms. The standard InChI is InChI=1S/C16H26O5S.C14H24O4S/c1-9(2)12-6-5-10(3)7-13(12)20-15(18)16-21-14(8-22-16)19-11(4)17;1-8(2)10-5-4-9(3)6-11(10)17-13(16)14-18-12(15)7-19-14/h9-10,12-14,16H,5-8H2,1-4H3;8-12,14-15H,4-7H2,1-3H3/t10-,12+,13-,14-,16-;9-,10+,11-,12-,14-/m11/s1. The molecule has 4 aliphatic rings. The summed E-state index contributed by atoms with van der Waals surface area (Å²) in [5.74, 6) is 2.89. The summed E-state index contributed by atoms with van der Waals surface area (Å²) in [5, 5.41) is 9.29. The summed E-state index contributed by atoms with van der Waals surface area (Å²) in [6.45, 7) is 14.5. The quantitative estimate of drug-likeness (QED) is 0.293. The summed E-state index contributed by atoms with van der Waals surface area (Å²) in [6, 6.07) is 0. The van der Waals surface area contributed by atoms with Gasteiger partial charge in [-0.15, -0.1) is 23.5 Å². The van der Waals surface area contributed by atoms with E-state index in [2.05, 4.69) is 41.5 Å². The number of carbonyl (C=O) groups is 3. The van der Waals surface area contributed by atoms with E-state index in [0.717, 1.165) is 25.7 Å². The van der Waals surface area contributed by atoms with Gasteiger partial charge in [-0.1, -0.05) is 54.4 Å². The average Bonchev–Trinajstić information content (AvgIpc) is 3.53. The highest BCUT2D eigenvalue weighted by Gasteiger charge is 2.40. The molecule has 236 valence electrons. The highest BCUT2D eigenvalue weighted by molar-refractivity contribution is 8.00. The van der Waals surface area contributed by atoms with Gasteiger partial charge in [-0.25, -0.2) is 9.59 Å². The van der Waals surface area contributed by atoms with E-state index in [-0.39, 0.29) is 24.1 Å². The molecule has 4 rings (SSSR count). The fourth-order valence-electron chi connectivity index (χ4n) is 6.18. The lowest BCUT2D eigenvalue weighted by Gasteiger charge is -2.37. The number of hydrogen-bond donors (Lipinski definition) is 1. The maximum Gasteiger partial charge on any atom is 0.346 e. The van der Waals surface area contributed by atoms with Gasteiger partial charge in [0.05, 0.1) is 5.75 Å². The van der Waals surface area contributed by atoms with Gasteiger partial charge in [0.1, 0.15) is 12.2 Å². The smallest absolute Gasteiger partial charge is 0.346 e. The fraction of sp³-hybridized carbons (Fsp3) is 0.900. The van der Waals surface area contributed by atoms with Crippen molar-refractivity contribution in [1.29, 1.82) is 0 Å². The van der Waals surface area contributed by atoms with Crippen molar-refractivity contribution in [3.8, 4) is 0 Å². The molecule has 0 radical (unpaired) electrons. The van der Waals surface area contributed by atoms with E-state index in [1.54, 1.807) is 0 Å². The van der Waals surface area contributed by atoms with Gasteiger partial charge in [-0.3, -0.25) is 4.79 Å². The first-order valence-corrected chi connectivity index (χ1v) is 17.2. The lowest BCUT2D eigenvalue weighted by Crippen LogP contribution is -2.38. The lowest BCUT2D eigenvalue weighted by atomic mass is 9.75. The predicted octanol–water partition coefficient (Wildman–Crippen LogP) is 5.37. The van der Waals surface area contributed by atoms with Gasteiger partial charge in [-0.05, 0) is 61.2 Å². The second kappa shape index (κ2) is 16.2. The summed E-state index contributed by atoms with van der Waals surface area (Å²) in [5.41, 5.74) is -1.34. The molecule has 2 aliphatic carbocycles. The second-order valence-corrected chi connectivity index (χ2v) is 14.9. The molecule has 2 saturated heterocycles. The molecule has 9 nitrogen and oxygen atoms in total. The number of hydrogen-bond acceptors (Lipinski definition) is 11. The van der Waals surface area contributed by atoms with E-state index in [0.29, 0.717) is 47.0 Å². The Balaban J connectivity index is 0.000000228. The molecule has 0 aromatic carbocycles. The number of rotatable bonds is 7. The minimum Gasteiger partial charge on any atom is -0.459 e. The molecule has 0 bridgehead atoms. The normalized spacial score (nSPS) is 37.3. The molecule has 0 amide bonds. The minimum absolute atomic E-state index is 0.00167. The molecule has 41 heavy (non-hydrogen) atoms. The van der Waals surface area contributed by atoms with E-state index < -0.39 is 29.4 Å². The molecule has 10 atom stereocenters. The minimum atomic E-state index is -0.839. The van der Waals surface area contributed by atoms with E-state index in [9.17, 15) is 19.5 Å². The van der Waals surface area contributed by atoms with Gasteiger partial charge in [-0.2, -0.15) is 0 Å². The van der Waals surface area contributed by atoms with E-state index in [1.807, 2.05) is 0 Å². The van der Waals surface area contributed by atoms with Crippen LogP contribution in [0.4, 0.5) is 0 Å². The first-order chi connectivity index (χ1) is 19.3. The molecule has 4 fully saturated rings. The summed E-state index contributed by atoms with van der Waals surface area (Å²) in [4.78, 5) is 35.3. The van der Waals surface area contributed by atoms with Crippen LogP contribution < -0.4 is 0 Å². The highest BCUT2D eigenvalue weighted by atomic mass is 32.2. The number of aliphatic hydroxyl groups is 1. The summed E-state index contributed by atoms with van der Waals surface area (Å²) < 4.78 is 27.0. The summed E-state index contributed by atoms with van der Waals surface area (Å²) in [6.07, 6.45) is 4.97. The molecule has 2 saturated carbocycles. The zero-order chi connectivity index (χ0) is 30.3. The first-order valence-electron chi connectivity index (χ1n) is 15.1. The third-order valence-corrected chi connectivity index (χ3v) is 10.6. The monoisotopic (exact) mass is 618 g/mol. The van der Waals surface area contributed by atoms with Crippen molar-refractivity contribution in [3.05, 3.63) is 0 Å². The Bertz CT molecular complexity index is 869. The Morgan fingerprint density at radius 2 is 1.20 bits per heavy atom. The van der Waals surface area contributed by atoms with E-state index in [4.69, 9.17) is 23.7 Å². The number of esters is 3. The van der Waals surface area contributed by atoms with E-state index in [1.165, 1.54) is 43.3 Å². The molecule has 1 N–H and O–H groups in total. The third-order valence-electron chi connectivity index (χ3n) is 8.47. The van der Waals surface area contributed by atoms with Crippen LogP contribution in [0.2, 0.25) is 0 Å². The molecule has 2 aliphatic heterocycles. The fourth-order valence-corrected chi connectivity index (χ4v) is 7.87. The van der Waals surface area contributed by atoms with Gasteiger partial charge in [0.25, 0.3) is 0 Å². The zero-order valence-electron chi connectivity index (χ0n) is 25.6. The summed E-state index contributed by atoms with van der Waals surface area (Å²) in [7, 11) is 0. The van der Waals surface area contributed by atoms with Crippen molar-refractivity contribution in [1.82, 2.24) is 0 Å². The third kappa shape index (κ3) is 10.6. The zero-order valence-corrected chi connectivity index (χ0v) is 27.2. The number of carbonyl (C=O) groups excluding carboxylic acids is 3. The average molecular weight is 619 g/mol. The lowest BCUT2D eigenvalue weighted by molar-refractivity contribution is -0.185. The molecular formula is C30H50O9S2. The molecule has 0 aromatic rings. The number of thioether (sulfide) groups is 2. The van der Waals surface area contributed by atoms with E-state index >= 15 is 0 Å². The van der Waals surface area contributed by atoms with Crippen LogP contribution in [0.3, 0.4) is 0 Å². The molecule has 2 heterocycles. The maximum atomic E-state index is 12.3. The van der Waals surface area contributed by atoms with Crippen LogP contribution in [0.25, 0.3) is 0 Å². The first kappa shape index (κ1) is 34.5. The molecule has 0 aromatic heterocycles. The van der Waals surface area contributed by atoms with Crippen molar-refractivity contribution in [2.24, 2.45) is 35.5 Å². The van der Waals surface area contributed by atoms with Crippen molar-refractivity contribution in [2.75, 3.05) is 11.5 Å². The van der Waals surface area contributed by atoms with Crippen LogP contribution in [0.5, 0.6) is 0 Å². The van der Waals surface area contributed by atoms with Gasteiger partial charge in [0.2, 0.25) is 17.2 Å². The van der Waals surface area contributed by atoms with Gasteiger partial charge >= 0.3 is 17.9 Å². The summed E-state index contributed by atoms with van der Waals surface area (Å²) >= 11 is 2.64. The SMILES string of the molecule is CC(=O)O[C@H]1CS[C@H](C(=O)O[C@@H]2C[C@H](C)CC[C@H]2C(C)C)O1.CC(C)[C@@H]1CC[C@@H](C)C[C@H]1OC(=O)[C@@H]1O[C@@H](O)CS1. The molecular weight excluding hydrogens is 568 g/mol. The number of aliphatic hydroxyl groups excluding tert-OH is 1. The van der Waals surface area contributed by atoms with Crippen LogP contribution in [-0.2, 0) is 38.1 Å². The van der Waals surface area contributed by atoms with Gasteiger partial charge in [0, 0.05) is 12.7 Å². The predicted molar refractivity (Wildman–Crippen MR) is 159 cm³/mol. The largest absolute Gasteiger partial charge is 0.459 e. The van der Waals surface area contributed by atoms with Crippen molar-refractivity contribution < 1.29 is 43.2 Å².